The van der Waals surface area contributed by atoms with E-state index in [2.05, 4.69) is 26.2 Å². The molecule has 2 aliphatic heterocycles. The lowest BCUT2D eigenvalue weighted by Gasteiger charge is -2.34. The smallest absolute Gasteiger partial charge is 0.365 e. The number of phenols is 1. The summed E-state index contributed by atoms with van der Waals surface area (Å²) in [6.07, 6.45) is 3.98. The van der Waals surface area contributed by atoms with Crippen molar-refractivity contribution in [2.45, 2.75) is 37.8 Å². The predicted octanol–water partition coefficient (Wildman–Crippen LogP) is 2.37. The fourth-order valence-corrected chi connectivity index (χ4v) is 4.29. The van der Waals surface area contributed by atoms with Crippen LogP contribution in [0.5, 0.6) is 5.75 Å². The van der Waals surface area contributed by atoms with Crippen LogP contribution in [-0.4, -0.2) is 52.3 Å². The highest BCUT2D eigenvalue weighted by Crippen LogP contribution is 2.23. The molecule has 2 aliphatic rings. The van der Waals surface area contributed by atoms with Gasteiger partial charge in [0.2, 0.25) is 17.7 Å². The number of aromatic hydroxyl groups is 1. The van der Waals surface area contributed by atoms with Crippen LogP contribution in [0.3, 0.4) is 0 Å². The molecule has 0 radical (unpaired) electrons. The molecular formula is C25H25BrN4O5. The SMILES string of the molecule is NC(=O)[C@H](Cc1ccc(O)cc1)NC(=O)C1CCCCN1/C=C1\N=C(c2ccc(Br)cc2)OC1=O. The molecule has 9 nitrogen and oxygen atoms in total. The molecule has 1 unspecified atom stereocenters. The highest BCUT2D eigenvalue weighted by Gasteiger charge is 2.32. The number of ether oxygens (including phenoxy) is 1. The van der Waals surface area contributed by atoms with Crippen LogP contribution < -0.4 is 11.1 Å². The number of piperidine rings is 1. The molecule has 2 aromatic carbocycles. The lowest BCUT2D eigenvalue weighted by atomic mass is 10.00. The molecule has 4 N–H and O–H groups in total. The third-order valence-electron chi connectivity index (χ3n) is 5.88. The van der Waals surface area contributed by atoms with Gasteiger partial charge in [0.25, 0.3) is 0 Å². The molecule has 0 spiro atoms. The molecule has 2 amide bonds. The second-order valence-corrected chi connectivity index (χ2v) is 9.33. The number of nitrogens with two attached hydrogens (primary N) is 1. The van der Waals surface area contributed by atoms with E-state index in [1.165, 1.54) is 12.1 Å². The fourth-order valence-electron chi connectivity index (χ4n) is 4.02. The van der Waals surface area contributed by atoms with Gasteiger partial charge in [0.1, 0.15) is 17.8 Å². The molecular weight excluding hydrogens is 516 g/mol. The Balaban J connectivity index is 1.49. The second kappa shape index (κ2) is 10.7. The van der Waals surface area contributed by atoms with E-state index in [1.54, 1.807) is 35.4 Å². The zero-order valence-corrected chi connectivity index (χ0v) is 20.4. The number of nitrogens with one attached hydrogen (secondary N) is 1. The number of esters is 1. The van der Waals surface area contributed by atoms with Gasteiger partial charge >= 0.3 is 5.97 Å². The van der Waals surface area contributed by atoms with E-state index in [0.717, 1.165) is 22.9 Å². The largest absolute Gasteiger partial charge is 0.508 e. The number of hydrogen-bond acceptors (Lipinski definition) is 7. The van der Waals surface area contributed by atoms with E-state index in [0.29, 0.717) is 18.5 Å². The quantitative estimate of drug-likeness (QED) is 0.364. The van der Waals surface area contributed by atoms with Crippen LogP contribution in [-0.2, 0) is 25.5 Å². The number of amides is 2. The zero-order valence-electron chi connectivity index (χ0n) is 18.8. The number of cyclic esters (lactones) is 1. The van der Waals surface area contributed by atoms with Gasteiger partial charge in [-0.2, -0.15) is 0 Å². The van der Waals surface area contributed by atoms with Crippen LogP contribution in [0.4, 0.5) is 0 Å². The van der Waals surface area contributed by atoms with Crippen LogP contribution in [0.1, 0.15) is 30.4 Å². The number of phenolic OH excluding ortho intramolecular Hbond substituents is 1. The monoisotopic (exact) mass is 540 g/mol. The van der Waals surface area contributed by atoms with Crippen LogP contribution >= 0.6 is 15.9 Å². The fraction of sp³-hybridized carbons (Fsp3) is 0.280. The number of rotatable bonds is 7. The Morgan fingerprint density at radius 1 is 1.20 bits per heavy atom. The Hall–Kier alpha value is -3.66. The van der Waals surface area contributed by atoms with Gasteiger partial charge in [-0.15, -0.1) is 0 Å². The summed E-state index contributed by atoms with van der Waals surface area (Å²) in [5, 5.41) is 12.2. The zero-order chi connectivity index (χ0) is 24.9. The molecule has 10 heteroatoms. The van der Waals surface area contributed by atoms with Crippen molar-refractivity contribution < 1.29 is 24.2 Å². The van der Waals surface area contributed by atoms with Gasteiger partial charge in [-0.1, -0.05) is 28.1 Å². The average Bonchev–Trinajstić information content (AvgIpc) is 3.20. The van der Waals surface area contributed by atoms with Gasteiger partial charge in [-0.05, 0) is 61.2 Å². The first-order chi connectivity index (χ1) is 16.8. The first-order valence-corrected chi connectivity index (χ1v) is 12.0. The van der Waals surface area contributed by atoms with E-state index in [4.69, 9.17) is 10.5 Å². The molecule has 2 atom stereocenters. The van der Waals surface area contributed by atoms with Crippen LogP contribution in [0, 0.1) is 0 Å². The number of carbonyl (C=O) groups excluding carboxylic acids is 3. The maximum atomic E-state index is 13.2. The standard InChI is InChI=1S/C25H25BrN4O5/c26-17-8-6-16(7-9-17)24-29-20(25(34)35-24)14-30-12-2-1-3-21(30)23(33)28-19(22(27)32)13-15-4-10-18(31)11-5-15/h4-11,14,19,21,31H,1-3,12-13H2,(H2,27,32)(H,28,33)/b20-14-/t19-,21?/m0/s1. The topological polar surface area (TPSA) is 134 Å². The van der Waals surface area contributed by atoms with E-state index in [-0.39, 0.29) is 29.7 Å². The molecule has 0 bridgehead atoms. The number of halogens is 1. The van der Waals surface area contributed by atoms with Gasteiger partial charge in [-0.3, -0.25) is 9.59 Å². The van der Waals surface area contributed by atoms with E-state index in [1.807, 2.05) is 12.1 Å². The Kier molecular flexibility index (Phi) is 7.50. The Bertz CT molecular complexity index is 1180. The van der Waals surface area contributed by atoms with Crippen molar-refractivity contribution in [3.05, 3.63) is 76.0 Å². The van der Waals surface area contributed by atoms with Gasteiger partial charge in [0.05, 0.1) is 0 Å². The van der Waals surface area contributed by atoms with E-state index in [9.17, 15) is 19.5 Å². The van der Waals surface area contributed by atoms with Gasteiger partial charge in [0, 0.05) is 29.2 Å². The minimum absolute atomic E-state index is 0.107. The number of hydrogen-bond donors (Lipinski definition) is 3. The van der Waals surface area contributed by atoms with Crippen molar-refractivity contribution in [3.63, 3.8) is 0 Å². The van der Waals surface area contributed by atoms with Crippen molar-refractivity contribution in [3.8, 4) is 5.75 Å². The van der Waals surface area contributed by atoms with Gasteiger partial charge < -0.3 is 25.8 Å². The summed E-state index contributed by atoms with van der Waals surface area (Å²) in [5.74, 6) is -1.29. The third-order valence-corrected chi connectivity index (χ3v) is 6.41. The maximum Gasteiger partial charge on any atom is 0.365 e. The molecule has 1 saturated heterocycles. The van der Waals surface area contributed by atoms with Gasteiger partial charge in [-0.25, -0.2) is 9.79 Å². The molecule has 2 aromatic rings. The lowest BCUT2D eigenvalue weighted by molar-refractivity contribution is -0.131. The number of benzene rings is 2. The average molecular weight is 541 g/mol. The number of primary amides is 1. The minimum atomic E-state index is -0.915. The summed E-state index contributed by atoms with van der Waals surface area (Å²) in [4.78, 5) is 43.7. The summed E-state index contributed by atoms with van der Waals surface area (Å²) in [5.41, 5.74) is 7.07. The van der Waals surface area contributed by atoms with Crippen LogP contribution in [0.25, 0.3) is 0 Å². The molecule has 0 saturated carbocycles. The normalized spacial score (nSPS) is 19.7. The highest BCUT2D eigenvalue weighted by molar-refractivity contribution is 9.10. The van der Waals surface area contributed by atoms with Crippen LogP contribution in [0.15, 0.2) is 69.9 Å². The Morgan fingerprint density at radius 2 is 1.91 bits per heavy atom. The third kappa shape index (κ3) is 6.07. The molecule has 35 heavy (non-hydrogen) atoms. The van der Waals surface area contributed by atoms with Crippen molar-refractivity contribution in [2.24, 2.45) is 10.7 Å². The molecule has 1 fully saturated rings. The lowest BCUT2D eigenvalue weighted by Crippen LogP contribution is -2.53. The van der Waals surface area contributed by atoms with Crippen molar-refractivity contribution in [1.29, 1.82) is 0 Å². The molecule has 0 aliphatic carbocycles. The first-order valence-electron chi connectivity index (χ1n) is 11.2. The van der Waals surface area contributed by atoms with Gasteiger partial charge in [0.15, 0.2) is 5.70 Å². The number of aliphatic imine (C=N–C) groups is 1. The molecule has 4 rings (SSSR count). The summed E-state index contributed by atoms with van der Waals surface area (Å²) in [6.45, 7) is 0.553. The van der Waals surface area contributed by atoms with E-state index >= 15 is 0 Å². The molecule has 182 valence electrons. The van der Waals surface area contributed by atoms with Crippen molar-refractivity contribution >= 4 is 39.6 Å². The minimum Gasteiger partial charge on any atom is -0.508 e. The summed E-state index contributed by atoms with van der Waals surface area (Å²) in [6, 6.07) is 12.1. The first kappa shape index (κ1) is 24.5. The molecule has 0 aromatic heterocycles. The van der Waals surface area contributed by atoms with Crippen molar-refractivity contribution in [2.75, 3.05) is 6.54 Å². The number of nitrogens with zero attached hydrogens (tertiary/aromatic N) is 2. The predicted molar refractivity (Wildman–Crippen MR) is 132 cm³/mol. The highest BCUT2D eigenvalue weighted by atomic mass is 79.9. The van der Waals surface area contributed by atoms with Crippen LogP contribution in [0.2, 0.25) is 0 Å². The van der Waals surface area contributed by atoms with Crippen molar-refractivity contribution in [1.82, 2.24) is 10.2 Å². The van der Waals surface area contributed by atoms with E-state index < -0.39 is 24.0 Å². The summed E-state index contributed by atoms with van der Waals surface area (Å²) in [7, 11) is 0. The Labute approximate surface area is 210 Å². The maximum absolute atomic E-state index is 13.2. The number of carbonyl (C=O) groups is 3. The molecule has 2 heterocycles. The summed E-state index contributed by atoms with van der Waals surface area (Å²) >= 11 is 3.37. The second-order valence-electron chi connectivity index (χ2n) is 8.41. The number of likely N-dealkylation sites (tertiary alicyclic amines) is 1. The Morgan fingerprint density at radius 3 is 2.60 bits per heavy atom. The summed E-state index contributed by atoms with van der Waals surface area (Å²) < 4.78 is 6.22.